The third kappa shape index (κ3) is 5.43. The number of hydrogen-bond donors (Lipinski definition) is 0. The topological polar surface area (TPSA) is 38.9 Å². The molecule has 2 aromatic heterocycles. The molecule has 268 valence electrons. The Balaban J connectivity index is 0.988. The molecule has 1 unspecified atom stereocenters. The van der Waals surface area contributed by atoms with Crippen LogP contribution < -0.4 is 0 Å². The summed E-state index contributed by atoms with van der Waals surface area (Å²) in [6.45, 7) is 2.36. The summed E-state index contributed by atoms with van der Waals surface area (Å²) >= 11 is 0. The van der Waals surface area contributed by atoms with E-state index in [1.807, 2.05) is 30.3 Å². The highest BCUT2D eigenvalue weighted by Crippen LogP contribution is 2.53. The highest BCUT2D eigenvalue weighted by Gasteiger charge is 2.40. The molecule has 3 heteroatoms. The molecule has 0 spiro atoms. The quantitative estimate of drug-likeness (QED) is 0.171. The number of rotatable bonds is 6. The van der Waals surface area contributed by atoms with Crippen LogP contribution in [0.15, 0.2) is 205 Å². The van der Waals surface area contributed by atoms with Gasteiger partial charge in [0.1, 0.15) is 11.2 Å². The van der Waals surface area contributed by atoms with Gasteiger partial charge in [0.15, 0.2) is 5.82 Å². The van der Waals surface area contributed by atoms with Crippen molar-refractivity contribution in [3.8, 4) is 67.3 Å². The summed E-state index contributed by atoms with van der Waals surface area (Å²) in [7, 11) is 0. The van der Waals surface area contributed by atoms with E-state index < -0.39 is 0 Å². The number of nitrogens with zero attached hydrogens (tertiary/aromatic N) is 2. The predicted octanol–water partition coefficient (Wildman–Crippen LogP) is 14.0. The monoisotopic (exact) mass is 728 g/mol. The van der Waals surface area contributed by atoms with Gasteiger partial charge in [-0.15, -0.1) is 0 Å². The number of furan rings is 1. The van der Waals surface area contributed by atoms with E-state index in [0.29, 0.717) is 5.82 Å². The fourth-order valence-corrected chi connectivity index (χ4v) is 8.88. The Bertz CT molecular complexity index is 3130. The Morgan fingerprint density at radius 3 is 1.81 bits per heavy atom. The van der Waals surface area contributed by atoms with Crippen LogP contribution in [0.4, 0.5) is 0 Å². The van der Waals surface area contributed by atoms with Gasteiger partial charge in [-0.25, -0.2) is 9.97 Å². The Kier molecular flexibility index (Phi) is 7.61. The zero-order valence-electron chi connectivity index (χ0n) is 31.4. The van der Waals surface area contributed by atoms with Gasteiger partial charge in [-0.2, -0.15) is 0 Å². The molecule has 10 aromatic rings. The number of para-hydroxylation sites is 2. The molecule has 0 fully saturated rings. The SMILES string of the molecule is CC1(c2ccccc2)c2ccccc2-c2cc(-c3cccc(-c4cc(-c5ccc(-c6cccc7c6oc6ccccc67)cc5)nc(-c5ccccc5)n4)c3)ccc21. The number of benzene rings is 8. The normalized spacial score (nSPS) is 14.5. The van der Waals surface area contributed by atoms with Gasteiger partial charge in [-0.05, 0) is 75.7 Å². The molecule has 0 N–H and O–H groups in total. The van der Waals surface area contributed by atoms with E-state index in [1.54, 1.807) is 0 Å². The van der Waals surface area contributed by atoms with Crippen LogP contribution in [-0.4, -0.2) is 9.97 Å². The first-order chi connectivity index (χ1) is 28.1. The molecule has 0 saturated carbocycles. The molecule has 1 atom stereocenters. The van der Waals surface area contributed by atoms with E-state index in [2.05, 4.69) is 177 Å². The van der Waals surface area contributed by atoms with E-state index in [0.717, 1.165) is 66.7 Å². The minimum absolute atomic E-state index is 0.224. The van der Waals surface area contributed by atoms with Crippen molar-refractivity contribution in [3.05, 3.63) is 217 Å². The second-order valence-electron chi connectivity index (χ2n) is 15.1. The molecule has 0 amide bonds. The molecule has 57 heavy (non-hydrogen) atoms. The molecule has 0 saturated heterocycles. The van der Waals surface area contributed by atoms with Crippen LogP contribution in [0.25, 0.3) is 89.2 Å². The smallest absolute Gasteiger partial charge is 0.160 e. The Morgan fingerprint density at radius 2 is 0.965 bits per heavy atom. The van der Waals surface area contributed by atoms with E-state index in [1.165, 1.54) is 33.4 Å². The fraction of sp³-hybridized carbons (Fsp3) is 0.0370. The molecule has 0 bridgehead atoms. The van der Waals surface area contributed by atoms with Crippen LogP contribution in [0.5, 0.6) is 0 Å². The molecule has 11 rings (SSSR count). The van der Waals surface area contributed by atoms with Gasteiger partial charge in [0.2, 0.25) is 0 Å². The lowest BCUT2D eigenvalue weighted by Gasteiger charge is -2.28. The summed E-state index contributed by atoms with van der Waals surface area (Å²) in [6.07, 6.45) is 0. The Morgan fingerprint density at radius 1 is 0.386 bits per heavy atom. The zero-order chi connectivity index (χ0) is 37.9. The molecule has 0 aliphatic heterocycles. The van der Waals surface area contributed by atoms with Crippen molar-refractivity contribution in [1.29, 1.82) is 0 Å². The van der Waals surface area contributed by atoms with Gasteiger partial charge in [-0.1, -0.05) is 176 Å². The van der Waals surface area contributed by atoms with Gasteiger partial charge in [-0.3, -0.25) is 0 Å². The van der Waals surface area contributed by atoms with Crippen LogP contribution in [0.2, 0.25) is 0 Å². The maximum atomic E-state index is 6.37. The third-order valence-electron chi connectivity index (χ3n) is 11.8. The molecule has 3 nitrogen and oxygen atoms in total. The lowest BCUT2D eigenvalue weighted by Crippen LogP contribution is -2.22. The van der Waals surface area contributed by atoms with Crippen molar-refractivity contribution in [2.75, 3.05) is 0 Å². The summed E-state index contributed by atoms with van der Waals surface area (Å²) in [5.74, 6) is 0.693. The molecular weight excluding hydrogens is 693 g/mol. The molecule has 8 aromatic carbocycles. The van der Waals surface area contributed by atoms with Crippen LogP contribution in [0.3, 0.4) is 0 Å². The molecule has 2 heterocycles. The van der Waals surface area contributed by atoms with E-state index >= 15 is 0 Å². The lowest BCUT2D eigenvalue weighted by atomic mass is 9.74. The second kappa shape index (κ2) is 13.1. The van der Waals surface area contributed by atoms with Crippen LogP contribution in [-0.2, 0) is 5.41 Å². The van der Waals surface area contributed by atoms with Crippen molar-refractivity contribution in [1.82, 2.24) is 9.97 Å². The van der Waals surface area contributed by atoms with Crippen molar-refractivity contribution in [2.45, 2.75) is 12.3 Å². The van der Waals surface area contributed by atoms with Gasteiger partial charge >= 0.3 is 0 Å². The van der Waals surface area contributed by atoms with E-state index in [-0.39, 0.29) is 5.41 Å². The summed E-state index contributed by atoms with van der Waals surface area (Å²) in [5.41, 5.74) is 17.4. The standard InChI is InChI=1S/C54H36N2O/c1-54(41-18-6-3-7-19-41)47-24-10-8-20-43(47)46-33-39(30-31-48(46)54)38-16-12-17-40(32-38)50-34-49(55-53(56-50)37-14-4-2-5-15-37)36-28-26-35(27-29-36)42-22-13-23-45-44-21-9-11-25-51(44)57-52(42)45/h2-34H,1H3. The Hall–Kier alpha value is -7.36. The van der Waals surface area contributed by atoms with Gasteiger partial charge in [0.05, 0.1) is 11.4 Å². The van der Waals surface area contributed by atoms with Crippen molar-refractivity contribution >= 4 is 21.9 Å². The number of fused-ring (bicyclic) bond motifs is 6. The first-order valence-electron chi connectivity index (χ1n) is 19.5. The maximum Gasteiger partial charge on any atom is 0.160 e. The van der Waals surface area contributed by atoms with Crippen LogP contribution in [0.1, 0.15) is 23.6 Å². The second-order valence-corrected chi connectivity index (χ2v) is 15.1. The molecule has 1 aliphatic carbocycles. The van der Waals surface area contributed by atoms with Crippen LogP contribution >= 0.6 is 0 Å². The number of aromatic nitrogens is 2. The largest absolute Gasteiger partial charge is 0.455 e. The van der Waals surface area contributed by atoms with E-state index in [9.17, 15) is 0 Å². The molecule has 0 radical (unpaired) electrons. The Labute approximate surface area is 331 Å². The van der Waals surface area contributed by atoms with Gasteiger partial charge < -0.3 is 4.42 Å². The van der Waals surface area contributed by atoms with Crippen LogP contribution in [0, 0.1) is 0 Å². The summed E-state index contributed by atoms with van der Waals surface area (Å²) < 4.78 is 6.37. The third-order valence-corrected chi connectivity index (χ3v) is 11.8. The average Bonchev–Trinajstić information content (AvgIpc) is 3.80. The molecular formula is C54H36N2O. The highest BCUT2D eigenvalue weighted by atomic mass is 16.3. The lowest BCUT2D eigenvalue weighted by molar-refractivity contribution is 0.670. The van der Waals surface area contributed by atoms with Crippen molar-refractivity contribution < 1.29 is 4.42 Å². The predicted molar refractivity (Wildman–Crippen MR) is 234 cm³/mol. The first kappa shape index (κ1) is 33.0. The highest BCUT2D eigenvalue weighted by molar-refractivity contribution is 6.09. The minimum Gasteiger partial charge on any atom is -0.455 e. The summed E-state index contributed by atoms with van der Waals surface area (Å²) in [4.78, 5) is 10.3. The molecule has 1 aliphatic rings. The fourth-order valence-electron chi connectivity index (χ4n) is 8.88. The number of hydrogen-bond acceptors (Lipinski definition) is 3. The zero-order valence-corrected chi connectivity index (χ0v) is 31.4. The average molecular weight is 729 g/mol. The van der Waals surface area contributed by atoms with Crippen molar-refractivity contribution in [2.24, 2.45) is 0 Å². The van der Waals surface area contributed by atoms with Gasteiger partial charge in [0, 0.05) is 38.4 Å². The minimum atomic E-state index is -0.224. The first-order valence-corrected chi connectivity index (χ1v) is 19.5. The summed E-state index contributed by atoms with van der Waals surface area (Å²) in [5, 5.41) is 2.25. The maximum absolute atomic E-state index is 6.37. The van der Waals surface area contributed by atoms with Crippen molar-refractivity contribution in [3.63, 3.8) is 0 Å². The van der Waals surface area contributed by atoms with E-state index in [4.69, 9.17) is 14.4 Å². The van der Waals surface area contributed by atoms with Gasteiger partial charge in [0.25, 0.3) is 0 Å². The summed E-state index contributed by atoms with van der Waals surface area (Å²) in [6, 6.07) is 71.0.